The molecule has 0 N–H and O–H groups in total. The van der Waals surface area contributed by atoms with Gasteiger partial charge in [-0.3, -0.25) is 4.90 Å². The van der Waals surface area contributed by atoms with Crippen molar-refractivity contribution in [3.05, 3.63) is 0 Å². The summed E-state index contributed by atoms with van der Waals surface area (Å²) in [5, 5.41) is 0. The van der Waals surface area contributed by atoms with Gasteiger partial charge in [-0.25, -0.2) is 0 Å². The molecule has 0 aromatic carbocycles. The fraction of sp³-hybridized carbons (Fsp3) is 0.833. The zero-order valence-corrected chi connectivity index (χ0v) is 10.8. The van der Waals surface area contributed by atoms with Crippen LogP contribution in [0.4, 0.5) is 0 Å². The van der Waals surface area contributed by atoms with Crippen molar-refractivity contribution >= 4 is 23.5 Å². The molecule has 2 aliphatic heterocycles. The number of hydrogen-bond donors (Lipinski definition) is 0. The van der Waals surface area contributed by atoms with Crippen LogP contribution in [0.3, 0.4) is 0 Å². The summed E-state index contributed by atoms with van der Waals surface area (Å²) < 4.78 is 0.754. The number of rotatable bonds is 2. The number of thioether (sulfide) groups is 2. The van der Waals surface area contributed by atoms with E-state index >= 15 is 0 Å². The normalized spacial score (nSPS) is 23.7. The molecule has 2 heterocycles. The molecule has 2 fully saturated rings. The maximum atomic E-state index is 3.35. The van der Waals surface area contributed by atoms with E-state index in [4.69, 9.17) is 0 Å². The molecule has 2 saturated heterocycles. The largest absolute Gasteiger partial charge is 0.292 e. The molecule has 0 aliphatic carbocycles. The monoisotopic (exact) mass is 241 g/mol. The van der Waals surface area contributed by atoms with Gasteiger partial charge in [0.2, 0.25) is 0 Å². The summed E-state index contributed by atoms with van der Waals surface area (Å²) in [5.41, 5.74) is 0. The summed E-state index contributed by atoms with van der Waals surface area (Å²) in [4.78, 5) is 2.47. The van der Waals surface area contributed by atoms with Gasteiger partial charge in [0.25, 0.3) is 0 Å². The summed E-state index contributed by atoms with van der Waals surface area (Å²) in [6, 6.07) is 0. The lowest BCUT2D eigenvalue weighted by Crippen LogP contribution is -2.19. The quantitative estimate of drug-likeness (QED) is 0.684. The average molecular weight is 241 g/mol. The van der Waals surface area contributed by atoms with E-state index in [0.717, 1.165) is 17.5 Å². The molecule has 0 aromatic rings. The first kappa shape index (κ1) is 11.7. The van der Waals surface area contributed by atoms with Crippen molar-refractivity contribution in [1.29, 1.82) is 0 Å². The predicted molar refractivity (Wildman–Crippen MR) is 71.4 cm³/mol. The zero-order chi connectivity index (χ0) is 10.3. The molecule has 0 saturated carbocycles. The van der Waals surface area contributed by atoms with Crippen LogP contribution in [-0.2, 0) is 0 Å². The van der Waals surface area contributed by atoms with Crippen molar-refractivity contribution in [2.24, 2.45) is 0 Å². The molecule has 1 nitrogen and oxygen atoms in total. The molecule has 0 aromatic heterocycles. The molecule has 0 radical (unpaired) electrons. The Morgan fingerprint density at radius 3 is 2.47 bits per heavy atom. The Kier molecular flexibility index (Phi) is 5.25. The van der Waals surface area contributed by atoms with Crippen LogP contribution in [0.15, 0.2) is 0 Å². The van der Waals surface area contributed by atoms with Crippen LogP contribution in [0.5, 0.6) is 0 Å². The molecule has 0 atom stereocenters. The Hall–Kier alpha value is 0.220. The third-order valence-corrected chi connectivity index (χ3v) is 5.73. The minimum absolute atomic E-state index is 0.754. The van der Waals surface area contributed by atoms with E-state index in [2.05, 4.69) is 40.3 Å². The molecule has 2 rings (SSSR count). The maximum Gasteiger partial charge on any atom is 0.0611 e. The Labute approximate surface area is 102 Å². The average Bonchev–Trinajstić information content (AvgIpc) is 2.79. The standard InChI is InChI=1S/C12H19NS2/c1(2-7-13-8-3-4-9-13)6-12-14-10-5-11-15-12/h12H,3-11H2. The van der Waals surface area contributed by atoms with Crippen molar-refractivity contribution in [3.8, 4) is 11.8 Å². The van der Waals surface area contributed by atoms with Crippen molar-refractivity contribution in [2.45, 2.75) is 30.3 Å². The smallest absolute Gasteiger partial charge is 0.0611 e. The molecular formula is C12H19NS2. The van der Waals surface area contributed by atoms with Crippen LogP contribution in [0.2, 0.25) is 0 Å². The third kappa shape index (κ3) is 4.30. The Bertz CT molecular complexity index is 232. The Balaban J connectivity index is 1.61. The van der Waals surface area contributed by atoms with Crippen LogP contribution < -0.4 is 0 Å². The van der Waals surface area contributed by atoms with Crippen LogP contribution in [0, 0.1) is 11.8 Å². The topological polar surface area (TPSA) is 3.24 Å². The molecule has 84 valence electrons. The molecule has 15 heavy (non-hydrogen) atoms. The molecule has 0 spiro atoms. The van der Waals surface area contributed by atoms with E-state index in [9.17, 15) is 0 Å². The van der Waals surface area contributed by atoms with E-state index in [1.165, 1.54) is 43.9 Å². The van der Waals surface area contributed by atoms with Gasteiger partial charge in [-0.05, 0) is 43.9 Å². The second kappa shape index (κ2) is 6.73. The first-order chi connectivity index (χ1) is 7.45. The SMILES string of the molecule is C(#CCN1CCCC1)CC1SCCCS1. The van der Waals surface area contributed by atoms with Gasteiger partial charge in [0, 0.05) is 6.42 Å². The molecular weight excluding hydrogens is 222 g/mol. The summed E-state index contributed by atoms with van der Waals surface area (Å²) in [5.74, 6) is 9.35. The molecule has 0 unspecified atom stereocenters. The first-order valence-electron chi connectivity index (χ1n) is 5.86. The van der Waals surface area contributed by atoms with E-state index < -0.39 is 0 Å². The van der Waals surface area contributed by atoms with Gasteiger partial charge in [0.15, 0.2) is 0 Å². The number of nitrogens with zero attached hydrogens (tertiary/aromatic N) is 1. The maximum absolute atomic E-state index is 3.35. The van der Waals surface area contributed by atoms with Crippen molar-refractivity contribution in [2.75, 3.05) is 31.1 Å². The second-order valence-corrected chi connectivity index (χ2v) is 6.99. The van der Waals surface area contributed by atoms with E-state index in [0.29, 0.717) is 0 Å². The molecule has 0 bridgehead atoms. The lowest BCUT2D eigenvalue weighted by atomic mass is 10.4. The van der Waals surface area contributed by atoms with Crippen molar-refractivity contribution in [1.82, 2.24) is 4.90 Å². The van der Waals surface area contributed by atoms with Crippen LogP contribution in [0.1, 0.15) is 25.7 Å². The van der Waals surface area contributed by atoms with Gasteiger partial charge < -0.3 is 0 Å². The highest BCUT2D eigenvalue weighted by molar-refractivity contribution is 8.17. The minimum Gasteiger partial charge on any atom is -0.292 e. The van der Waals surface area contributed by atoms with Crippen LogP contribution in [-0.4, -0.2) is 40.6 Å². The highest BCUT2D eigenvalue weighted by Crippen LogP contribution is 2.32. The number of likely N-dealkylation sites (tertiary alicyclic amines) is 1. The Morgan fingerprint density at radius 1 is 1.00 bits per heavy atom. The van der Waals surface area contributed by atoms with E-state index in [1.807, 2.05) is 0 Å². The summed E-state index contributed by atoms with van der Waals surface area (Å²) in [7, 11) is 0. The first-order valence-corrected chi connectivity index (χ1v) is 7.96. The second-order valence-electron chi connectivity index (χ2n) is 4.07. The van der Waals surface area contributed by atoms with E-state index in [1.54, 1.807) is 0 Å². The van der Waals surface area contributed by atoms with Crippen molar-refractivity contribution < 1.29 is 0 Å². The van der Waals surface area contributed by atoms with Crippen LogP contribution >= 0.6 is 23.5 Å². The van der Waals surface area contributed by atoms with Gasteiger partial charge in [-0.15, -0.1) is 23.5 Å². The van der Waals surface area contributed by atoms with Crippen LogP contribution in [0.25, 0.3) is 0 Å². The summed E-state index contributed by atoms with van der Waals surface area (Å²) in [6.45, 7) is 3.53. The molecule has 0 amide bonds. The van der Waals surface area contributed by atoms with Gasteiger partial charge >= 0.3 is 0 Å². The molecule has 3 heteroatoms. The van der Waals surface area contributed by atoms with Gasteiger partial charge in [-0.2, -0.15) is 0 Å². The van der Waals surface area contributed by atoms with Gasteiger partial charge in [0.05, 0.1) is 11.1 Å². The number of hydrogen-bond acceptors (Lipinski definition) is 3. The summed E-state index contributed by atoms with van der Waals surface area (Å²) >= 11 is 4.19. The third-order valence-electron chi connectivity index (χ3n) is 2.79. The summed E-state index contributed by atoms with van der Waals surface area (Å²) in [6.07, 6.45) is 5.21. The van der Waals surface area contributed by atoms with Gasteiger partial charge in [0.1, 0.15) is 0 Å². The zero-order valence-electron chi connectivity index (χ0n) is 9.21. The highest BCUT2D eigenvalue weighted by atomic mass is 32.2. The van der Waals surface area contributed by atoms with E-state index in [-0.39, 0.29) is 0 Å². The fourth-order valence-corrected chi connectivity index (χ4v) is 4.61. The molecule has 2 aliphatic rings. The Morgan fingerprint density at radius 2 is 1.73 bits per heavy atom. The lowest BCUT2D eigenvalue weighted by Gasteiger charge is -2.18. The minimum atomic E-state index is 0.754. The predicted octanol–water partition coefficient (Wildman–Crippen LogP) is 2.67. The fourth-order valence-electron chi connectivity index (χ4n) is 1.92. The van der Waals surface area contributed by atoms with Crippen molar-refractivity contribution in [3.63, 3.8) is 0 Å². The highest BCUT2D eigenvalue weighted by Gasteiger charge is 2.12. The van der Waals surface area contributed by atoms with Gasteiger partial charge in [-0.1, -0.05) is 11.8 Å². The lowest BCUT2D eigenvalue weighted by molar-refractivity contribution is 0.383.